The lowest BCUT2D eigenvalue weighted by atomic mass is 10.1. The topological polar surface area (TPSA) is 84.3 Å². The molecule has 0 atom stereocenters. The molecule has 6 nitrogen and oxygen atoms in total. The van der Waals surface area contributed by atoms with Crippen LogP contribution in [0.1, 0.15) is 27.0 Å². The van der Waals surface area contributed by atoms with Crippen LogP contribution in [0.25, 0.3) is 0 Å². The van der Waals surface area contributed by atoms with Crippen LogP contribution in [0.4, 0.5) is 11.4 Å². The zero-order valence-corrected chi connectivity index (χ0v) is 16.2. The minimum Gasteiger partial charge on any atom is -0.332 e. The van der Waals surface area contributed by atoms with Gasteiger partial charge in [0.25, 0.3) is 11.6 Å². The maximum atomic E-state index is 12.4. The Labute approximate surface area is 158 Å². The molecular weight excluding hydrogens is 406 g/mol. The van der Waals surface area contributed by atoms with Crippen LogP contribution in [-0.4, -0.2) is 15.9 Å². The van der Waals surface area contributed by atoms with Crippen molar-refractivity contribution in [2.24, 2.45) is 0 Å². The summed E-state index contributed by atoms with van der Waals surface area (Å²) in [6, 6.07) is 8.22. The Kier molecular flexibility index (Phi) is 5.86. The fraction of sp³-hybridized carbons (Fsp3) is 0.176. The molecule has 8 heteroatoms. The van der Waals surface area contributed by atoms with Gasteiger partial charge >= 0.3 is 0 Å². The van der Waals surface area contributed by atoms with Crippen molar-refractivity contribution < 1.29 is 9.72 Å². The van der Waals surface area contributed by atoms with Gasteiger partial charge in [0, 0.05) is 27.4 Å². The molecule has 0 radical (unpaired) electrons. The molecule has 0 saturated carbocycles. The Morgan fingerprint density at radius 2 is 1.80 bits per heavy atom. The lowest BCUT2D eigenvalue weighted by Crippen LogP contribution is -2.35. The minimum absolute atomic E-state index is 0.105. The highest BCUT2D eigenvalue weighted by Gasteiger charge is 2.19. The zero-order valence-electron chi connectivity index (χ0n) is 13.8. The van der Waals surface area contributed by atoms with E-state index in [0.29, 0.717) is 5.56 Å². The number of hydrogen-bond donors (Lipinski definition) is 2. The van der Waals surface area contributed by atoms with Gasteiger partial charge in [0.05, 0.1) is 4.92 Å². The van der Waals surface area contributed by atoms with Crippen LogP contribution in [0.2, 0.25) is 0 Å². The standard InChI is InChI=1S/C17H16BrN3O3S/c1-9-7-12(18)8-10(2)15(9)19-17(25)20-16(22)13-5-4-6-14(11(13)3)21(23)24/h4-8H,1-3H3,(H2,19,20,22,25). The molecule has 25 heavy (non-hydrogen) atoms. The Bertz CT molecular complexity index is 860. The molecular formula is C17H16BrN3O3S. The van der Waals surface area contributed by atoms with E-state index >= 15 is 0 Å². The molecule has 2 aromatic rings. The van der Waals surface area contributed by atoms with Crippen LogP contribution in [0.3, 0.4) is 0 Å². The number of nitrogens with zero attached hydrogens (tertiary/aromatic N) is 1. The van der Waals surface area contributed by atoms with E-state index in [1.54, 1.807) is 0 Å². The maximum absolute atomic E-state index is 12.4. The lowest BCUT2D eigenvalue weighted by Gasteiger charge is -2.15. The van der Waals surface area contributed by atoms with Crippen LogP contribution >= 0.6 is 28.1 Å². The molecule has 0 fully saturated rings. The third-order valence-electron chi connectivity index (χ3n) is 3.71. The van der Waals surface area contributed by atoms with Gasteiger partial charge < -0.3 is 5.32 Å². The van der Waals surface area contributed by atoms with E-state index in [-0.39, 0.29) is 16.4 Å². The van der Waals surface area contributed by atoms with Crippen LogP contribution in [-0.2, 0) is 0 Å². The molecule has 2 aromatic carbocycles. The molecule has 1 amide bonds. The number of hydrogen-bond acceptors (Lipinski definition) is 4. The zero-order chi connectivity index (χ0) is 18.7. The number of nitro benzene ring substituents is 1. The van der Waals surface area contributed by atoms with E-state index in [0.717, 1.165) is 21.3 Å². The molecule has 130 valence electrons. The Morgan fingerprint density at radius 1 is 1.20 bits per heavy atom. The van der Waals surface area contributed by atoms with Crippen molar-refractivity contribution >= 4 is 50.5 Å². The highest BCUT2D eigenvalue weighted by molar-refractivity contribution is 9.10. The molecule has 0 aliphatic heterocycles. The van der Waals surface area contributed by atoms with Gasteiger partial charge in [0.1, 0.15) is 0 Å². The summed E-state index contributed by atoms with van der Waals surface area (Å²) in [7, 11) is 0. The molecule has 0 unspecified atom stereocenters. The van der Waals surface area contributed by atoms with Gasteiger partial charge in [-0.15, -0.1) is 0 Å². The fourth-order valence-electron chi connectivity index (χ4n) is 2.49. The average molecular weight is 422 g/mol. The van der Waals surface area contributed by atoms with Crippen LogP contribution < -0.4 is 10.6 Å². The van der Waals surface area contributed by atoms with Gasteiger partial charge in [-0.05, 0) is 62.3 Å². The SMILES string of the molecule is Cc1cc(Br)cc(C)c1NC(=S)NC(=O)c1cccc([N+](=O)[O-])c1C. The number of rotatable bonds is 3. The summed E-state index contributed by atoms with van der Waals surface area (Å²) in [6.45, 7) is 5.39. The Hall–Kier alpha value is -2.32. The summed E-state index contributed by atoms with van der Waals surface area (Å²) in [5.74, 6) is -0.494. The summed E-state index contributed by atoms with van der Waals surface area (Å²) in [5.41, 5.74) is 3.15. The molecule has 0 bridgehead atoms. The molecule has 2 N–H and O–H groups in total. The van der Waals surface area contributed by atoms with Gasteiger partial charge in [-0.25, -0.2) is 0 Å². The van der Waals surface area contributed by atoms with Crippen molar-refractivity contribution in [1.82, 2.24) is 5.32 Å². The third kappa shape index (κ3) is 4.40. The molecule has 2 rings (SSSR count). The number of carbonyl (C=O) groups is 1. The van der Waals surface area contributed by atoms with E-state index < -0.39 is 10.8 Å². The lowest BCUT2D eigenvalue weighted by molar-refractivity contribution is -0.385. The Balaban J connectivity index is 2.18. The number of anilines is 1. The molecule has 0 heterocycles. The number of aryl methyl sites for hydroxylation is 2. The van der Waals surface area contributed by atoms with E-state index in [2.05, 4.69) is 26.6 Å². The van der Waals surface area contributed by atoms with E-state index in [9.17, 15) is 14.9 Å². The molecule has 0 aliphatic carbocycles. The van der Waals surface area contributed by atoms with Crippen molar-refractivity contribution in [3.05, 3.63) is 67.2 Å². The minimum atomic E-state index is -0.517. The first-order valence-corrected chi connectivity index (χ1v) is 8.54. The smallest absolute Gasteiger partial charge is 0.273 e. The second-order valence-corrected chi connectivity index (χ2v) is 6.85. The number of amides is 1. The first-order chi connectivity index (χ1) is 11.7. The van der Waals surface area contributed by atoms with Gasteiger partial charge in [-0.2, -0.15) is 0 Å². The van der Waals surface area contributed by atoms with Crippen molar-refractivity contribution in [3.8, 4) is 0 Å². The second kappa shape index (κ2) is 7.71. The third-order valence-corrected chi connectivity index (χ3v) is 4.37. The number of benzene rings is 2. The number of carbonyl (C=O) groups excluding carboxylic acids is 1. The first-order valence-electron chi connectivity index (χ1n) is 7.33. The highest BCUT2D eigenvalue weighted by Crippen LogP contribution is 2.25. The van der Waals surface area contributed by atoms with E-state index in [4.69, 9.17) is 12.2 Å². The fourth-order valence-corrected chi connectivity index (χ4v) is 3.37. The summed E-state index contributed by atoms with van der Waals surface area (Å²) < 4.78 is 0.954. The van der Waals surface area contributed by atoms with Gasteiger partial charge in [0.15, 0.2) is 5.11 Å². The quantitative estimate of drug-likeness (QED) is 0.435. The normalized spacial score (nSPS) is 10.2. The molecule has 0 aliphatic rings. The van der Waals surface area contributed by atoms with Gasteiger partial charge in [-0.1, -0.05) is 22.0 Å². The molecule has 0 aromatic heterocycles. The summed E-state index contributed by atoms with van der Waals surface area (Å²) in [6.07, 6.45) is 0. The van der Waals surface area contributed by atoms with E-state index in [1.807, 2.05) is 26.0 Å². The van der Waals surface area contributed by atoms with Crippen molar-refractivity contribution in [2.45, 2.75) is 20.8 Å². The molecule has 0 saturated heterocycles. The summed E-state index contributed by atoms with van der Waals surface area (Å²) in [5, 5.41) is 16.7. The number of nitro groups is 1. The predicted octanol–water partition coefficient (Wildman–Crippen LogP) is 4.41. The largest absolute Gasteiger partial charge is 0.332 e. The number of halogens is 1. The molecule has 0 spiro atoms. The number of thiocarbonyl (C=S) groups is 1. The van der Waals surface area contributed by atoms with Crippen LogP contribution in [0.5, 0.6) is 0 Å². The summed E-state index contributed by atoms with van der Waals surface area (Å²) in [4.78, 5) is 22.9. The first kappa shape index (κ1) is 19.0. The van der Waals surface area contributed by atoms with Crippen molar-refractivity contribution in [3.63, 3.8) is 0 Å². The average Bonchev–Trinajstić information content (AvgIpc) is 2.50. The van der Waals surface area contributed by atoms with Gasteiger partial charge in [-0.3, -0.25) is 20.2 Å². The monoisotopic (exact) mass is 421 g/mol. The Morgan fingerprint density at radius 3 is 2.36 bits per heavy atom. The second-order valence-electron chi connectivity index (χ2n) is 5.53. The van der Waals surface area contributed by atoms with Crippen LogP contribution in [0.15, 0.2) is 34.8 Å². The summed E-state index contributed by atoms with van der Waals surface area (Å²) >= 11 is 8.63. The van der Waals surface area contributed by atoms with Crippen molar-refractivity contribution in [1.29, 1.82) is 0 Å². The van der Waals surface area contributed by atoms with Gasteiger partial charge in [0.2, 0.25) is 0 Å². The number of nitrogens with one attached hydrogen (secondary N) is 2. The maximum Gasteiger partial charge on any atom is 0.273 e. The van der Waals surface area contributed by atoms with Crippen molar-refractivity contribution in [2.75, 3.05) is 5.32 Å². The predicted molar refractivity (Wildman–Crippen MR) is 105 cm³/mol. The highest BCUT2D eigenvalue weighted by atomic mass is 79.9. The van der Waals surface area contributed by atoms with Crippen LogP contribution in [0, 0.1) is 30.9 Å². The van der Waals surface area contributed by atoms with E-state index in [1.165, 1.54) is 25.1 Å².